The van der Waals surface area contributed by atoms with E-state index in [1.807, 2.05) is 72.8 Å². The topological polar surface area (TPSA) is 82.2 Å². The normalized spacial score (nSPS) is 11.9. The smallest absolute Gasteiger partial charge is 0.248 e. The second-order valence-corrected chi connectivity index (χ2v) is 6.51. The molecule has 4 aromatic rings. The summed E-state index contributed by atoms with van der Waals surface area (Å²) in [5, 5.41) is 8.20. The highest BCUT2D eigenvalue weighted by Gasteiger charge is 2.18. The molecule has 6 heteroatoms. The van der Waals surface area contributed by atoms with Crippen LogP contribution in [0.25, 0.3) is 10.9 Å². The number of rotatable bonds is 5. The molecule has 0 aliphatic heterocycles. The van der Waals surface area contributed by atoms with Gasteiger partial charge in [-0.3, -0.25) is 9.48 Å². The molecule has 1 atom stereocenters. The van der Waals surface area contributed by atoms with Crippen molar-refractivity contribution in [2.24, 2.45) is 0 Å². The molecule has 0 spiro atoms. The summed E-state index contributed by atoms with van der Waals surface area (Å²) >= 11 is 0. The van der Waals surface area contributed by atoms with Crippen molar-refractivity contribution in [2.75, 3.05) is 11.1 Å². The summed E-state index contributed by atoms with van der Waals surface area (Å²) in [7, 11) is 0. The van der Waals surface area contributed by atoms with Gasteiger partial charge in [0.2, 0.25) is 5.91 Å². The average molecular weight is 372 g/mol. The Hall–Kier alpha value is -3.80. The van der Waals surface area contributed by atoms with Crippen LogP contribution in [0.5, 0.6) is 11.5 Å². The van der Waals surface area contributed by atoms with E-state index in [-0.39, 0.29) is 5.91 Å². The maximum atomic E-state index is 12.7. The van der Waals surface area contributed by atoms with Gasteiger partial charge >= 0.3 is 0 Å². The molecular formula is C22H20N4O2. The lowest BCUT2D eigenvalue weighted by molar-refractivity contribution is -0.119. The quantitative estimate of drug-likeness (QED) is 0.501. The van der Waals surface area contributed by atoms with Crippen molar-refractivity contribution in [2.45, 2.75) is 13.0 Å². The molecule has 0 fully saturated rings. The highest BCUT2D eigenvalue weighted by molar-refractivity contribution is 5.94. The highest BCUT2D eigenvalue weighted by atomic mass is 16.5. The number of carbonyl (C=O) groups is 1. The fraction of sp³-hybridized carbons (Fsp3) is 0.0909. The van der Waals surface area contributed by atoms with Gasteiger partial charge in [-0.2, -0.15) is 5.10 Å². The first-order valence-corrected chi connectivity index (χ1v) is 8.97. The molecule has 0 saturated carbocycles. The zero-order valence-corrected chi connectivity index (χ0v) is 15.4. The Morgan fingerprint density at radius 3 is 2.50 bits per heavy atom. The second-order valence-electron chi connectivity index (χ2n) is 6.51. The molecule has 0 aliphatic carbocycles. The Morgan fingerprint density at radius 2 is 1.75 bits per heavy atom. The summed E-state index contributed by atoms with van der Waals surface area (Å²) in [6.07, 6.45) is 1.73. The van der Waals surface area contributed by atoms with Gasteiger partial charge in [0.25, 0.3) is 0 Å². The van der Waals surface area contributed by atoms with Crippen LogP contribution in [0.1, 0.15) is 13.0 Å². The van der Waals surface area contributed by atoms with Gasteiger partial charge in [0.15, 0.2) is 0 Å². The molecule has 140 valence electrons. The van der Waals surface area contributed by atoms with E-state index in [0.29, 0.717) is 17.1 Å². The van der Waals surface area contributed by atoms with Gasteiger partial charge in [-0.25, -0.2) is 0 Å². The highest BCUT2D eigenvalue weighted by Crippen LogP contribution is 2.24. The van der Waals surface area contributed by atoms with E-state index >= 15 is 0 Å². The zero-order valence-electron chi connectivity index (χ0n) is 15.4. The van der Waals surface area contributed by atoms with E-state index in [1.165, 1.54) is 0 Å². The molecule has 1 aromatic heterocycles. The molecule has 0 aliphatic rings. The Morgan fingerprint density at radius 1 is 1.04 bits per heavy atom. The lowest BCUT2D eigenvalue weighted by atomic mass is 10.2. The Bertz CT molecular complexity index is 1100. The Labute approximate surface area is 162 Å². The minimum atomic E-state index is -0.487. The van der Waals surface area contributed by atoms with Gasteiger partial charge in [0, 0.05) is 16.8 Å². The molecule has 3 aromatic carbocycles. The summed E-state index contributed by atoms with van der Waals surface area (Å²) < 4.78 is 7.44. The van der Waals surface area contributed by atoms with Gasteiger partial charge in [-0.05, 0) is 61.5 Å². The van der Waals surface area contributed by atoms with E-state index in [1.54, 1.807) is 17.8 Å². The van der Waals surface area contributed by atoms with E-state index in [0.717, 1.165) is 16.7 Å². The predicted octanol–water partition coefficient (Wildman–Crippen LogP) is 4.61. The van der Waals surface area contributed by atoms with Crippen LogP contribution in [-0.2, 0) is 4.79 Å². The Balaban J connectivity index is 1.46. The van der Waals surface area contributed by atoms with Crippen molar-refractivity contribution in [1.82, 2.24) is 9.78 Å². The molecule has 0 radical (unpaired) electrons. The SMILES string of the molecule is CC(C(=O)Nc1ccc(Oc2ccccc2)cc1)n1ncc2ccc(N)cc21. The van der Waals surface area contributed by atoms with E-state index in [2.05, 4.69) is 10.4 Å². The van der Waals surface area contributed by atoms with Crippen LogP contribution >= 0.6 is 0 Å². The van der Waals surface area contributed by atoms with Gasteiger partial charge in [0.05, 0.1) is 11.7 Å². The molecule has 0 saturated heterocycles. The van der Waals surface area contributed by atoms with Crippen molar-refractivity contribution in [3.63, 3.8) is 0 Å². The largest absolute Gasteiger partial charge is 0.457 e. The van der Waals surface area contributed by atoms with Crippen LogP contribution in [0.4, 0.5) is 11.4 Å². The number of hydrogen-bond donors (Lipinski definition) is 2. The molecule has 0 bridgehead atoms. The first-order chi connectivity index (χ1) is 13.6. The van der Waals surface area contributed by atoms with Crippen LogP contribution in [0.15, 0.2) is 79.0 Å². The van der Waals surface area contributed by atoms with Crippen LogP contribution in [0.2, 0.25) is 0 Å². The van der Waals surface area contributed by atoms with E-state index in [9.17, 15) is 4.79 Å². The minimum absolute atomic E-state index is 0.163. The molecular weight excluding hydrogens is 352 g/mol. The summed E-state index contributed by atoms with van der Waals surface area (Å²) in [5.74, 6) is 1.30. The van der Waals surface area contributed by atoms with E-state index in [4.69, 9.17) is 10.5 Å². The zero-order chi connectivity index (χ0) is 19.5. The van der Waals surface area contributed by atoms with Crippen molar-refractivity contribution in [3.8, 4) is 11.5 Å². The summed E-state index contributed by atoms with van der Waals surface area (Å²) in [6, 6.07) is 21.8. The van der Waals surface area contributed by atoms with Crippen LogP contribution in [0.3, 0.4) is 0 Å². The van der Waals surface area contributed by atoms with Crippen LogP contribution in [0, 0.1) is 0 Å². The van der Waals surface area contributed by atoms with Crippen molar-refractivity contribution >= 4 is 28.2 Å². The predicted molar refractivity (Wildman–Crippen MR) is 110 cm³/mol. The summed E-state index contributed by atoms with van der Waals surface area (Å²) in [6.45, 7) is 1.80. The number of ether oxygens (including phenoxy) is 1. The number of para-hydroxylation sites is 1. The number of nitrogen functional groups attached to an aromatic ring is 1. The number of amides is 1. The van der Waals surface area contributed by atoms with Gasteiger partial charge in [-0.1, -0.05) is 18.2 Å². The maximum absolute atomic E-state index is 12.7. The standard InChI is InChI=1S/C22H20N4O2/c1-15(26-21-13-17(23)8-7-16(21)14-24-26)22(27)25-18-9-11-20(12-10-18)28-19-5-3-2-4-6-19/h2-15H,23H2,1H3,(H,25,27). The number of fused-ring (bicyclic) bond motifs is 1. The fourth-order valence-electron chi connectivity index (χ4n) is 2.95. The van der Waals surface area contributed by atoms with Crippen molar-refractivity contribution < 1.29 is 9.53 Å². The van der Waals surface area contributed by atoms with Crippen molar-refractivity contribution in [1.29, 1.82) is 0 Å². The third-order valence-corrected chi connectivity index (χ3v) is 4.47. The molecule has 1 heterocycles. The number of anilines is 2. The van der Waals surface area contributed by atoms with Gasteiger partial charge in [-0.15, -0.1) is 0 Å². The summed E-state index contributed by atoms with van der Waals surface area (Å²) in [5.41, 5.74) is 8.02. The number of nitrogens with one attached hydrogen (secondary N) is 1. The Kier molecular flexibility index (Phi) is 4.68. The lowest BCUT2D eigenvalue weighted by Gasteiger charge is -2.14. The van der Waals surface area contributed by atoms with Crippen molar-refractivity contribution in [3.05, 3.63) is 79.0 Å². The number of hydrogen-bond acceptors (Lipinski definition) is 4. The molecule has 1 unspecified atom stereocenters. The van der Waals surface area contributed by atoms with Gasteiger partial charge < -0.3 is 15.8 Å². The average Bonchev–Trinajstić information content (AvgIpc) is 3.12. The molecule has 1 amide bonds. The first kappa shape index (κ1) is 17.6. The number of nitrogens with two attached hydrogens (primary N) is 1. The van der Waals surface area contributed by atoms with E-state index < -0.39 is 6.04 Å². The lowest BCUT2D eigenvalue weighted by Crippen LogP contribution is -2.24. The monoisotopic (exact) mass is 372 g/mol. The third kappa shape index (κ3) is 3.66. The molecule has 6 nitrogen and oxygen atoms in total. The molecule has 4 rings (SSSR count). The first-order valence-electron chi connectivity index (χ1n) is 8.97. The van der Waals surface area contributed by atoms with Gasteiger partial charge in [0.1, 0.15) is 17.5 Å². The summed E-state index contributed by atoms with van der Waals surface area (Å²) in [4.78, 5) is 12.7. The molecule has 28 heavy (non-hydrogen) atoms. The minimum Gasteiger partial charge on any atom is -0.457 e. The number of benzene rings is 3. The maximum Gasteiger partial charge on any atom is 0.248 e. The fourth-order valence-corrected chi connectivity index (χ4v) is 2.95. The molecule has 3 N–H and O–H groups in total. The number of nitrogens with zero attached hydrogens (tertiary/aromatic N) is 2. The van der Waals surface area contributed by atoms with Crippen LogP contribution in [-0.4, -0.2) is 15.7 Å². The number of aromatic nitrogens is 2. The van der Waals surface area contributed by atoms with Crippen LogP contribution < -0.4 is 15.8 Å². The number of carbonyl (C=O) groups excluding carboxylic acids is 1. The second kappa shape index (κ2) is 7.44. The third-order valence-electron chi connectivity index (χ3n) is 4.47.